The first-order chi connectivity index (χ1) is 7.45. The average molecular weight is 246 g/mol. The van der Waals surface area contributed by atoms with Gasteiger partial charge in [0, 0.05) is 17.7 Å². The number of aromatic hydroxyl groups is 1. The molecule has 0 aliphatic rings. The van der Waals surface area contributed by atoms with E-state index in [0.29, 0.717) is 5.75 Å². The van der Waals surface area contributed by atoms with Crippen LogP contribution in [0.15, 0.2) is 12.1 Å². The number of rotatable bonds is 4. The zero-order chi connectivity index (χ0) is 12.3. The lowest BCUT2D eigenvalue weighted by atomic mass is 10.0. The van der Waals surface area contributed by atoms with Crippen LogP contribution in [-0.4, -0.2) is 23.3 Å². The minimum absolute atomic E-state index is 0.0789. The number of phenols is 1. The lowest BCUT2D eigenvalue weighted by molar-refractivity contribution is -0.137. The van der Waals surface area contributed by atoms with Gasteiger partial charge in [-0.25, -0.2) is 0 Å². The Morgan fingerprint density at radius 3 is 2.75 bits per heavy atom. The Hall–Kier alpha value is -1.46. The number of carboxylic acids is 1. The molecule has 0 saturated heterocycles. The number of aliphatic carboxylic acids is 1. The molecule has 0 saturated carbocycles. The number of hydrogen-bond acceptors (Lipinski definition) is 4. The third kappa shape index (κ3) is 2.77. The molecule has 0 heterocycles. The van der Waals surface area contributed by atoms with Crippen LogP contribution in [0.3, 0.4) is 0 Å². The SMILES string of the molecule is COc1cc(Cl)c(O)c(C(N)CC(=O)O)c1. The van der Waals surface area contributed by atoms with E-state index in [9.17, 15) is 9.90 Å². The molecule has 0 fully saturated rings. The summed E-state index contributed by atoms with van der Waals surface area (Å²) >= 11 is 5.75. The van der Waals surface area contributed by atoms with Gasteiger partial charge in [-0.3, -0.25) is 4.79 Å². The first-order valence-electron chi connectivity index (χ1n) is 4.49. The van der Waals surface area contributed by atoms with Gasteiger partial charge in [-0.05, 0) is 6.07 Å². The Morgan fingerprint density at radius 2 is 2.25 bits per heavy atom. The molecule has 1 aromatic rings. The molecule has 1 aromatic carbocycles. The predicted molar refractivity (Wildman–Crippen MR) is 58.9 cm³/mol. The summed E-state index contributed by atoms with van der Waals surface area (Å²) in [7, 11) is 1.44. The van der Waals surface area contributed by atoms with Crippen LogP contribution in [0.25, 0.3) is 0 Å². The second-order valence-corrected chi connectivity index (χ2v) is 3.66. The van der Waals surface area contributed by atoms with E-state index in [1.165, 1.54) is 19.2 Å². The summed E-state index contributed by atoms with van der Waals surface area (Å²) < 4.78 is 4.95. The second-order valence-electron chi connectivity index (χ2n) is 3.25. The van der Waals surface area contributed by atoms with Gasteiger partial charge in [0.15, 0.2) is 0 Å². The highest BCUT2D eigenvalue weighted by Gasteiger charge is 2.17. The maximum atomic E-state index is 10.5. The monoisotopic (exact) mass is 245 g/mol. The van der Waals surface area contributed by atoms with E-state index in [0.717, 1.165) is 0 Å². The summed E-state index contributed by atoms with van der Waals surface area (Å²) in [5.74, 6) is -0.847. The molecule has 0 radical (unpaired) electrons. The number of benzene rings is 1. The van der Waals surface area contributed by atoms with Crippen LogP contribution in [0.5, 0.6) is 11.5 Å². The number of carboxylic acid groups (broad SMARTS) is 1. The zero-order valence-electron chi connectivity index (χ0n) is 8.61. The summed E-state index contributed by atoms with van der Waals surface area (Å²) in [6, 6.07) is 2.06. The fourth-order valence-corrected chi connectivity index (χ4v) is 1.51. The van der Waals surface area contributed by atoms with E-state index >= 15 is 0 Å². The van der Waals surface area contributed by atoms with Crippen molar-refractivity contribution >= 4 is 17.6 Å². The number of carbonyl (C=O) groups is 1. The smallest absolute Gasteiger partial charge is 0.305 e. The molecule has 4 N–H and O–H groups in total. The number of nitrogens with two attached hydrogens (primary N) is 1. The van der Waals surface area contributed by atoms with Gasteiger partial charge < -0.3 is 20.7 Å². The molecule has 6 heteroatoms. The van der Waals surface area contributed by atoms with Crippen LogP contribution in [0.2, 0.25) is 5.02 Å². The summed E-state index contributed by atoms with van der Waals surface area (Å²) in [6.07, 6.45) is -0.295. The van der Waals surface area contributed by atoms with Crippen molar-refractivity contribution in [2.75, 3.05) is 7.11 Å². The number of hydrogen-bond donors (Lipinski definition) is 3. The third-order valence-corrected chi connectivity index (χ3v) is 2.38. The minimum atomic E-state index is -1.05. The van der Waals surface area contributed by atoms with Crippen molar-refractivity contribution in [3.8, 4) is 11.5 Å². The van der Waals surface area contributed by atoms with Crippen LogP contribution in [0.1, 0.15) is 18.0 Å². The molecule has 0 bridgehead atoms. The van der Waals surface area contributed by atoms with E-state index < -0.39 is 12.0 Å². The summed E-state index contributed by atoms with van der Waals surface area (Å²) in [4.78, 5) is 10.5. The number of ether oxygens (including phenoxy) is 1. The van der Waals surface area contributed by atoms with Crippen LogP contribution < -0.4 is 10.5 Å². The van der Waals surface area contributed by atoms with Crippen molar-refractivity contribution in [3.63, 3.8) is 0 Å². The molecule has 1 unspecified atom stereocenters. The van der Waals surface area contributed by atoms with Crippen LogP contribution >= 0.6 is 11.6 Å². The Kier molecular flexibility index (Phi) is 3.98. The first kappa shape index (κ1) is 12.6. The van der Waals surface area contributed by atoms with Crippen molar-refractivity contribution in [3.05, 3.63) is 22.7 Å². The Labute approximate surface area is 97.4 Å². The molecule has 0 spiro atoms. The van der Waals surface area contributed by atoms with Gasteiger partial charge in [-0.2, -0.15) is 0 Å². The molecule has 0 amide bonds. The number of methoxy groups -OCH3 is 1. The molecule has 1 rings (SSSR count). The normalized spacial score (nSPS) is 12.2. The molecule has 5 nitrogen and oxygen atoms in total. The molecular formula is C10H12ClNO4. The van der Waals surface area contributed by atoms with E-state index in [1.54, 1.807) is 0 Å². The highest BCUT2D eigenvalue weighted by molar-refractivity contribution is 6.32. The van der Waals surface area contributed by atoms with Gasteiger partial charge in [-0.15, -0.1) is 0 Å². The predicted octanol–water partition coefficient (Wildman–Crippen LogP) is 1.53. The summed E-state index contributed by atoms with van der Waals surface area (Å²) in [5.41, 5.74) is 5.89. The lowest BCUT2D eigenvalue weighted by Gasteiger charge is -2.14. The van der Waals surface area contributed by atoms with Gasteiger partial charge in [0.2, 0.25) is 0 Å². The number of halogens is 1. The quantitative estimate of drug-likeness (QED) is 0.748. The zero-order valence-corrected chi connectivity index (χ0v) is 9.36. The summed E-state index contributed by atoms with van der Waals surface area (Å²) in [5, 5.41) is 18.3. The first-order valence-corrected chi connectivity index (χ1v) is 4.87. The van der Waals surface area contributed by atoms with Gasteiger partial charge in [0.05, 0.1) is 18.6 Å². The molecule has 0 aliphatic carbocycles. The van der Waals surface area contributed by atoms with Gasteiger partial charge in [-0.1, -0.05) is 11.6 Å². The van der Waals surface area contributed by atoms with Crippen molar-refractivity contribution in [2.45, 2.75) is 12.5 Å². The van der Waals surface area contributed by atoms with E-state index in [2.05, 4.69) is 0 Å². The summed E-state index contributed by atoms with van der Waals surface area (Å²) in [6.45, 7) is 0. The lowest BCUT2D eigenvalue weighted by Crippen LogP contribution is -2.15. The van der Waals surface area contributed by atoms with Gasteiger partial charge >= 0.3 is 5.97 Å². The van der Waals surface area contributed by atoms with Crippen molar-refractivity contribution in [1.82, 2.24) is 0 Å². The highest BCUT2D eigenvalue weighted by Crippen LogP contribution is 2.35. The van der Waals surface area contributed by atoms with E-state index in [4.69, 9.17) is 27.2 Å². The van der Waals surface area contributed by atoms with Crippen molar-refractivity contribution in [2.24, 2.45) is 5.73 Å². The van der Waals surface area contributed by atoms with Crippen molar-refractivity contribution in [1.29, 1.82) is 0 Å². The Bertz CT molecular complexity index is 408. The standard InChI is InChI=1S/C10H12ClNO4/c1-16-5-2-6(8(12)4-9(13)14)10(15)7(11)3-5/h2-3,8,15H,4,12H2,1H3,(H,13,14). The minimum Gasteiger partial charge on any atom is -0.506 e. The largest absolute Gasteiger partial charge is 0.506 e. The molecule has 16 heavy (non-hydrogen) atoms. The fraction of sp³-hybridized carbons (Fsp3) is 0.300. The van der Waals surface area contributed by atoms with Gasteiger partial charge in [0.1, 0.15) is 11.5 Å². The third-order valence-electron chi connectivity index (χ3n) is 2.10. The second kappa shape index (κ2) is 5.05. The molecule has 0 aliphatic heterocycles. The van der Waals surface area contributed by atoms with Crippen molar-refractivity contribution < 1.29 is 19.7 Å². The fourth-order valence-electron chi connectivity index (χ4n) is 1.29. The van der Waals surface area contributed by atoms with Gasteiger partial charge in [0.25, 0.3) is 0 Å². The molecular weight excluding hydrogens is 234 g/mol. The molecule has 0 aromatic heterocycles. The topological polar surface area (TPSA) is 92.8 Å². The molecule has 88 valence electrons. The Morgan fingerprint density at radius 1 is 1.62 bits per heavy atom. The molecule has 1 atom stereocenters. The maximum Gasteiger partial charge on any atom is 0.305 e. The van der Waals surface area contributed by atoms with Crippen LogP contribution in [0, 0.1) is 0 Å². The van der Waals surface area contributed by atoms with Crippen LogP contribution in [0.4, 0.5) is 0 Å². The van der Waals surface area contributed by atoms with E-state index in [1.807, 2.05) is 0 Å². The average Bonchev–Trinajstić information content (AvgIpc) is 2.20. The number of phenolic OH excluding ortho intramolecular Hbond substituents is 1. The highest BCUT2D eigenvalue weighted by atomic mass is 35.5. The maximum absolute atomic E-state index is 10.5. The van der Waals surface area contributed by atoms with E-state index in [-0.39, 0.29) is 22.8 Å². The Balaban J connectivity index is 3.10. The van der Waals surface area contributed by atoms with Crippen LogP contribution in [-0.2, 0) is 4.79 Å².